The summed E-state index contributed by atoms with van der Waals surface area (Å²) < 4.78 is 13.4. The molecule has 0 aromatic heterocycles. The van der Waals surface area contributed by atoms with E-state index >= 15 is 0 Å². The number of halogens is 2. The van der Waals surface area contributed by atoms with Crippen LogP contribution in [0.1, 0.15) is 23.6 Å². The summed E-state index contributed by atoms with van der Waals surface area (Å²) in [5, 5.41) is 0. The molecule has 21 heavy (non-hydrogen) atoms. The zero-order chi connectivity index (χ0) is 14.8. The highest BCUT2D eigenvalue weighted by Crippen LogP contribution is 2.35. The zero-order valence-corrected chi connectivity index (χ0v) is 14.5. The summed E-state index contributed by atoms with van der Waals surface area (Å²) >= 11 is 7.05. The number of hydrogen-bond donors (Lipinski definition) is 1. The van der Waals surface area contributed by atoms with Crippen molar-refractivity contribution in [2.24, 2.45) is 5.73 Å². The quantitative estimate of drug-likeness (QED) is 0.793. The lowest BCUT2D eigenvalue weighted by atomic mass is 9.99. The lowest BCUT2D eigenvalue weighted by Gasteiger charge is -2.17. The Morgan fingerprint density at radius 3 is 2.52 bits per heavy atom. The van der Waals surface area contributed by atoms with Crippen molar-refractivity contribution < 1.29 is 9.47 Å². The molecule has 0 fully saturated rings. The predicted octanol–water partition coefficient (Wildman–Crippen LogP) is 4.42. The fraction of sp³-hybridized carbons (Fsp3) is 0.250. The molecule has 0 saturated heterocycles. The SMILES string of the molecule is NC(c1ccc2c(c1)OCCCO2)c1cc(Br)ccc1Br. The molecule has 0 amide bonds. The van der Waals surface area contributed by atoms with Gasteiger partial charge in [-0.25, -0.2) is 0 Å². The summed E-state index contributed by atoms with van der Waals surface area (Å²) in [6.45, 7) is 1.36. The van der Waals surface area contributed by atoms with E-state index in [2.05, 4.69) is 31.9 Å². The monoisotopic (exact) mass is 411 g/mol. The average molecular weight is 413 g/mol. The van der Waals surface area contributed by atoms with E-state index in [1.165, 1.54) is 0 Å². The summed E-state index contributed by atoms with van der Waals surface area (Å²) in [4.78, 5) is 0. The first-order valence-electron chi connectivity index (χ1n) is 6.75. The molecule has 110 valence electrons. The van der Waals surface area contributed by atoms with Crippen molar-refractivity contribution in [3.8, 4) is 11.5 Å². The maximum absolute atomic E-state index is 6.41. The largest absolute Gasteiger partial charge is 0.490 e. The summed E-state index contributed by atoms with van der Waals surface area (Å²) in [5.41, 5.74) is 8.44. The number of benzene rings is 2. The smallest absolute Gasteiger partial charge is 0.161 e. The number of hydrogen-bond acceptors (Lipinski definition) is 3. The van der Waals surface area contributed by atoms with Crippen LogP contribution in [-0.4, -0.2) is 13.2 Å². The van der Waals surface area contributed by atoms with Crippen molar-refractivity contribution in [3.05, 3.63) is 56.5 Å². The highest BCUT2D eigenvalue weighted by molar-refractivity contribution is 9.11. The van der Waals surface area contributed by atoms with Gasteiger partial charge in [0.1, 0.15) is 0 Å². The van der Waals surface area contributed by atoms with E-state index in [0.29, 0.717) is 13.2 Å². The molecule has 1 heterocycles. The van der Waals surface area contributed by atoms with Gasteiger partial charge in [-0.3, -0.25) is 0 Å². The van der Waals surface area contributed by atoms with Crippen LogP contribution in [0.4, 0.5) is 0 Å². The van der Waals surface area contributed by atoms with E-state index in [1.807, 2.05) is 36.4 Å². The Kier molecular flexibility index (Phi) is 4.52. The molecule has 0 spiro atoms. The van der Waals surface area contributed by atoms with Gasteiger partial charge in [0.25, 0.3) is 0 Å². The van der Waals surface area contributed by atoms with Crippen LogP contribution in [0.5, 0.6) is 11.5 Å². The molecule has 3 nitrogen and oxygen atoms in total. The minimum absolute atomic E-state index is 0.228. The van der Waals surface area contributed by atoms with E-state index in [0.717, 1.165) is 38.0 Å². The van der Waals surface area contributed by atoms with Crippen LogP contribution in [0.25, 0.3) is 0 Å². The fourth-order valence-electron chi connectivity index (χ4n) is 2.31. The summed E-state index contributed by atoms with van der Waals surface area (Å²) in [6, 6.07) is 11.7. The van der Waals surface area contributed by atoms with Crippen LogP contribution in [0.15, 0.2) is 45.3 Å². The number of rotatable bonds is 2. The van der Waals surface area contributed by atoms with Crippen LogP contribution < -0.4 is 15.2 Å². The van der Waals surface area contributed by atoms with Crippen LogP contribution in [0, 0.1) is 0 Å². The number of fused-ring (bicyclic) bond motifs is 1. The van der Waals surface area contributed by atoms with Crippen molar-refractivity contribution in [1.82, 2.24) is 0 Å². The Balaban J connectivity index is 1.96. The Bertz CT molecular complexity index is 661. The molecule has 0 bridgehead atoms. The number of ether oxygens (including phenoxy) is 2. The van der Waals surface area contributed by atoms with Gasteiger partial charge in [0.2, 0.25) is 0 Å². The van der Waals surface area contributed by atoms with Gasteiger partial charge in [0.15, 0.2) is 11.5 Å². The molecule has 2 aromatic rings. The average Bonchev–Trinajstić information content (AvgIpc) is 2.73. The molecule has 1 aliphatic heterocycles. The molecule has 2 aromatic carbocycles. The Labute approximate surface area is 140 Å². The molecular weight excluding hydrogens is 398 g/mol. The van der Waals surface area contributed by atoms with E-state index in [1.54, 1.807) is 0 Å². The summed E-state index contributed by atoms with van der Waals surface area (Å²) in [7, 11) is 0. The van der Waals surface area contributed by atoms with Gasteiger partial charge in [-0.15, -0.1) is 0 Å². The topological polar surface area (TPSA) is 44.5 Å². The van der Waals surface area contributed by atoms with Gasteiger partial charge in [-0.1, -0.05) is 37.9 Å². The van der Waals surface area contributed by atoms with Crippen molar-refractivity contribution in [2.75, 3.05) is 13.2 Å². The first kappa shape index (κ1) is 14.9. The van der Waals surface area contributed by atoms with Crippen molar-refractivity contribution in [2.45, 2.75) is 12.5 Å². The molecule has 2 N–H and O–H groups in total. The van der Waals surface area contributed by atoms with Gasteiger partial charge in [-0.05, 0) is 41.5 Å². The van der Waals surface area contributed by atoms with Gasteiger partial charge in [0.05, 0.1) is 19.3 Å². The second kappa shape index (κ2) is 6.38. The van der Waals surface area contributed by atoms with E-state index in [-0.39, 0.29) is 6.04 Å². The molecule has 0 aliphatic carbocycles. The third-order valence-corrected chi connectivity index (χ3v) is 4.64. The predicted molar refractivity (Wildman–Crippen MR) is 89.9 cm³/mol. The molecule has 3 rings (SSSR count). The molecule has 1 aliphatic rings. The van der Waals surface area contributed by atoms with E-state index < -0.39 is 0 Å². The maximum Gasteiger partial charge on any atom is 0.161 e. The molecule has 5 heteroatoms. The normalized spacial score (nSPS) is 15.4. The van der Waals surface area contributed by atoms with Crippen molar-refractivity contribution in [3.63, 3.8) is 0 Å². The number of nitrogens with two attached hydrogens (primary N) is 1. The second-order valence-corrected chi connectivity index (χ2v) is 6.67. The molecule has 1 unspecified atom stereocenters. The third-order valence-electron chi connectivity index (χ3n) is 3.42. The fourth-order valence-corrected chi connectivity index (χ4v) is 3.18. The Morgan fingerprint density at radius 2 is 1.71 bits per heavy atom. The van der Waals surface area contributed by atoms with Gasteiger partial charge >= 0.3 is 0 Å². The van der Waals surface area contributed by atoms with Crippen molar-refractivity contribution in [1.29, 1.82) is 0 Å². The molecule has 0 saturated carbocycles. The zero-order valence-electron chi connectivity index (χ0n) is 11.3. The van der Waals surface area contributed by atoms with Crippen LogP contribution in [0.2, 0.25) is 0 Å². The van der Waals surface area contributed by atoms with E-state index in [9.17, 15) is 0 Å². The third kappa shape index (κ3) is 3.25. The maximum atomic E-state index is 6.41. The van der Waals surface area contributed by atoms with Gasteiger partial charge in [-0.2, -0.15) is 0 Å². The highest BCUT2D eigenvalue weighted by atomic mass is 79.9. The summed E-state index contributed by atoms with van der Waals surface area (Å²) in [5.74, 6) is 1.56. The van der Waals surface area contributed by atoms with Crippen LogP contribution >= 0.6 is 31.9 Å². The molecular formula is C16H15Br2NO2. The van der Waals surface area contributed by atoms with Gasteiger partial charge < -0.3 is 15.2 Å². The Hall–Kier alpha value is -1.04. The standard InChI is InChI=1S/C16H15Br2NO2/c17-11-3-4-13(18)12(9-11)16(19)10-2-5-14-15(8-10)21-7-1-6-20-14/h2-5,8-9,16H,1,6-7,19H2. The first-order valence-corrected chi connectivity index (χ1v) is 8.34. The van der Waals surface area contributed by atoms with Crippen LogP contribution in [0.3, 0.4) is 0 Å². The minimum Gasteiger partial charge on any atom is -0.490 e. The highest BCUT2D eigenvalue weighted by Gasteiger charge is 2.17. The lowest BCUT2D eigenvalue weighted by molar-refractivity contribution is 0.297. The Morgan fingerprint density at radius 1 is 0.952 bits per heavy atom. The van der Waals surface area contributed by atoms with Crippen LogP contribution in [-0.2, 0) is 0 Å². The van der Waals surface area contributed by atoms with Crippen molar-refractivity contribution >= 4 is 31.9 Å². The first-order chi connectivity index (χ1) is 10.1. The second-order valence-electron chi connectivity index (χ2n) is 4.90. The summed E-state index contributed by atoms with van der Waals surface area (Å²) in [6.07, 6.45) is 0.896. The van der Waals surface area contributed by atoms with E-state index in [4.69, 9.17) is 15.2 Å². The molecule has 0 radical (unpaired) electrons. The lowest BCUT2D eigenvalue weighted by Crippen LogP contribution is -2.12. The molecule has 1 atom stereocenters. The minimum atomic E-state index is -0.228. The van der Waals surface area contributed by atoms with Gasteiger partial charge in [0, 0.05) is 15.4 Å².